The number of hydrogen-bond donors (Lipinski definition) is 2. The number of anilines is 1. The summed E-state index contributed by atoms with van der Waals surface area (Å²) in [7, 11) is 0. The second-order valence-electron chi connectivity index (χ2n) is 8.20. The van der Waals surface area contributed by atoms with Crippen LogP contribution in [-0.2, 0) is 11.6 Å². The highest BCUT2D eigenvalue weighted by molar-refractivity contribution is 5.94. The molecule has 0 aliphatic heterocycles. The van der Waals surface area contributed by atoms with Gasteiger partial charge in [-0.15, -0.1) is 10.2 Å². The van der Waals surface area contributed by atoms with Crippen LogP contribution in [0.3, 0.4) is 0 Å². The molecule has 0 spiro atoms. The third kappa shape index (κ3) is 5.83. The maximum Gasteiger partial charge on any atom is 0.416 e. The first-order chi connectivity index (χ1) is 15.9. The second-order valence-corrected chi connectivity index (χ2v) is 8.20. The first-order valence-electron chi connectivity index (χ1n) is 10.2. The molecule has 0 aliphatic carbocycles. The lowest BCUT2D eigenvalue weighted by molar-refractivity contribution is -0.137. The Morgan fingerprint density at radius 3 is 2.44 bits per heavy atom. The number of rotatable bonds is 8. The molecule has 2 atom stereocenters. The van der Waals surface area contributed by atoms with Crippen LogP contribution in [-0.4, -0.2) is 33.8 Å². The number of pyridine rings is 1. The van der Waals surface area contributed by atoms with Gasteiger partial charge in [0.05, 0.1) is 23.1 Å². The molecule has 0 bridgehead atoms. The van der Waals surface area contributed by atoms with Crippen LogP contribution >= 0.6 is 0 Å². The van der Waals surface area contributed by atoms with Gasteiger partial charge < -0.3 is 11.1 Å². The SMILES string of the molecule is C[C@H](F)C[C@@](C)(CNc1ccc(-c2cc(C(N)=O)cc(C(F)(F)F)c2)nn1)c1ncccc1F. The molecule has 180 valence electrons. The van der Waals surface area contributed by atoms with E-state index in [1.165, 1.54) is 43.5 Å². The van der Waals surface area contributed by atoms with E-state index in [4.69, 9.17) is 5.73 Å². The number of hydrogen-bond acceptors (Lipinski definition) is 5. The second kappa shape index (κ2) is 9.70. The molecule has 0 radical (unpaired) electrons. The zero-order valence-corrected chi connectivity index (χ0v) is 18.3. The van der Waals surface area contributed by atoms with E-state index in [1.807, 2.05) is 0 Å². The van der Waals surface area contributed by atoms with E-state index >= 15 is 0 Å². The summed E-state index contributed by atoms with van der Waals surface area (Å²) in [5, 5.41) is 10.8. The van der Waals surface area contributed by atoms with Crippen LogP contribution in [0.5, 0.6) is 0 Å². The van der Waals surface area contributed by atoms with Crippen molar-refractivity contribution in [3.8, 4) is 11.3 Å². The molecular weight excluding hydrogens is 457 g/mol. The molecule has 0 aliphatic rings. The van der Waals surface area contributed by atoms with Crippen LogP contribution in [0.2, 0.25) is 0 Å². The largest absolute Gasteiger partial charge is 0.416 e. The summed E-state index contributed by atoms with van der Waals surface area (Å²) in [5.74, 6) is -1.34. The lowest BCUT2D eigenvalue weighted by Gasteiger charge is -2.30. The number of primary amides is 1. The fourth-order valence-corrected chi connectivity index (χ4v) is 3.65. The van der Waals surface area contributed by atoms with Gasteiger partial charge in [-0.2, -0.15) is 13.2 Å². The van der Waals surface area contributed by atoms with Crippen LogP contribution in [0.25, 0.3) is 11.3 Å². The topological polar surface area (TPSA) is 93.8 Å². The molecule has 0 saturated carbocycles. The summed E-state index contributed by atoms with van der Waals surface area (Å²) in [6.45, 7) is 3.10. The van der Waals surface area contributed by atoms with E-state index in [0.717, 1.165) is 6.07 Å². The Morgan fingerprint density at radius 1 is 1.15 bits per heavy atom. The zero-order chi connectivity index (χ0) is 25.1. The van der Waals surface area contributed by atoms with Crippen molar-refractivity contribution in [1.29, 1.82) is 0 Å². The minimum Gasteiger partial charge on any atom is -0.368 e. The summed E-state index contributed by atoms with van der Waals surface area (Å²) in [4.78, 5) is 15.5. The highest BCUT2D eigenvalue weighted by Crippen LogP contribution is 2.34. The van der Waals surface area contributed by atoms with Crippen molar-refractivity contribution >= 4 is 11.7 Å². The van der Waals surface area contributed by atoms with Crippen LogP contribution in [0.1, 0.15) is 41.9 Å². The number of benzene rings is 1. The average Bonchev–Trinajstić information content (AvgIpc) is 2.77. The van der Waals surface area contributed by atoms with Crippen LogP contribution < -0.4 is 11.1 Å². The van der Waals surface area contributed by atoms with Crippen molar-refractivity contribution in [2.45, 2.75) is 38.0 Å². The standard InChI is InChI=1S/C23H22F5N5O/c1-13(24)11-22(2,20-17(25)4-3-7-30-20)12-31-19-6-5-18(32-33-19)14-8-15(21(29)34)10-16(9-14)23(26,27)28/h3-10,13H,11-12H2,1-2H3,(H2,29,34)(H,31,33)/t13-,22-/m0/s1. The molecule has 2 heterocycles. The molecule has 0 fully saturated rings. The van der Waals surface area contributed by atoms with Crippen molar-refractivity contribution in [2.24, 2.45) is 5.73 Å². The summed E-state index contributed by atoms with van der Waals surface area (Å²) in [5.41, 5.74) is 2.96. The van der Waals surface area contributed by atoms with Gasteiger partial charge in [0.15, 0.2) is 0 Å². The Hall–Kier alpha value is -3.63. The molecule has 0 saturated heterocycles. The Morgan fingerprint density at radius 2 is 1.88 bits per heavy atom. The van der Waals surface area contributed by atoms with Gasteiger partial charge in [0.2, 0.25) is 5.91 Å². The van der Waals surface area contributed by atoms with Gasteiger partial charge in [-0.1, -0.05) is 6.92 Å². The Balaban J connectivity index is 1.85. The van der Waals surface area contributed by atoms with Crippen LogP contribution in [0.4, 0.5) is 27.8 Å². The number of carbonyl (C=O) groups excluding carboxylic acids is 1. The highest BCUT2D eigenvalue weighted by Gasteiger charge is 2.34. The van der Waals surface area contributed by atoms with E-state index in [-0.39, 0.29) is 41.3 Å². The normalized spacial score (nSPS) is 14.3. The van der Waals surface area contributed by atoms with Crippen LogP contribution in [0.15, 0.2) is 48.7 Å². The lowest BCUT2D eigenvalue weighted by atomic mass is 9.81. The predicted molar refractivity (Wildman–Crippen MR) is 116 cm³/mol. The fraction of sp³-hybridized carbons (Fsp3) is 0.304. The van der Waals surface area contributed by atoms with E-state index in [2.05, 4.69) is 20.5 Å². The molecule has 11 heteroatoms. The van der Waals surface area contributed by atoms with Gasteiger partial charge in [0.1, 0.15) is 11.6 Å². The summed E-state index contributed by atoms with van der Waals surface area (Å²) < 4.78 is 67.8. The molecule has 6 nitrogen and oxygen atoms in total. The molecular formula is C23H22F5N5O. The molecule has 3 rings (SSSR count). The molecule has 3 N–H and O–H groups in total. The maximum absolute atomic E-state index is 14.4. The van der Waals surface area contributed by atoms with E-state index in [9.17, 15) is 26.7 Å². The Bertz CT molecular complexity index is 1170. The van der Waals surface area contributed by atoms with E-state index < -0.39 is 35.1 Å². The van der Waals surface area contributed by atoms with Gasteiger partial charge >= 0.3 is 6.18 Å². The third-order valence-corrected chi connectivity index (χ3v) is 5.23. The summed E-state index contributed by atoms with van der Waals surface area (Å²) in [6.07, 6.45) is -4.51. The fourth-order valence-electron chi connectivity index (χ4n) is 3.65. The van der Waals surface area contributed by atoms with Gasteiger partial charge in [0, 0.05) is 29.3 Å². The smallest absolute Gasteiger partial charge is 0.368 e. The quantitative estimate of drug-likeness (QED) is 0.448. The lowest BCUT2D eigenvalue weighted by Crippen LogP contribution is -2.35. The van der Waals surface area contributed by atoms with Crippen molar-refractivity contribution in [3.05, 3.63) is 71.3 Å². The number of aromatic nitrogens is 3. The number of carbonyl (C=O) groups is 1. The molecule has 34 heavy (non-hydrogen) atoms. The number of nitrogens with two attached hydrogens (primary N) is 1. The molecule has 1 aromatic carbocycles. The number of alkyl halides is 4. The van der Waals surface area contributed by atoms with Crippen LogP contribution in [0, 0.1) is 5.82 Å². The first-order valence-corrected chi connectivity index (χ1v) is 10.2. The van der Waals surface area contributed by atoms with Crippen molar-refractivity contribution in [2.75, 3.05) is 11.9 Å². The zero-order valence-electron chi connectivity index (χ0n) is 18.3. The molecule has 0 unspecified atom stereocenters. The first kappa shape index (κ1) is 25.0. The van der Waals surface area contributed by atoms with Gasteiger partial charge in [-0.25, -0.2) is 8.78 Å². The van der Waals surface area contributed by atoms with Gasteiger partial charge in [-0.05, 0) is 55.8 Å². The molecule has 1 amide bonds. The van der Waals surface area contributed by atoms with Gasteiger partial charge in [0.25, 0.3) is 0 Å². The summed E-state index contributed by atoms with van der Waals surface area (Å²) >= 11 is 0. The summed E-state index contributed by atoms with van der Waals surface area (Å²) in [6, 6.07) is 8.25. The number of nitrogens with one attached hydrogen (secondary N) is 1. The number of amides is 1. The maximum atomic E-state index is 14.4. The van der Waals surface area contributed by atoms with Crippen molar-refractivity contribution in [1.82, 2.24) is 15.2 Å². The average molecular weight is 479 g/mol. The number of halogens is 5. The monoisotopic (exact) mass is 479 g/mol. The van der Waals surface area contributed by atoms with E-state index in [1.54, 1.807) is 6.92 Å². The van der Waals surface area contributed by atoms with Gasteiger partial charge in [-0.3, -0.25) is 9.78 Å². The minimum atomic E-state index is -4.69. The highest BCUT2D eigenvalue weighted by atomic mass is 19.4. The molecule has 2 aromatic heterocycles. The Kier molecular flexibility index (Phi) is 7.13. The van der Waals surface area contributed by atoms with Crippen molar-refractivity contribution in [3.63, 3.8) is 0 Å². The minimum absolute atomic E-state index is 0.00863. The number of nitrogens with zero attached hydrogens (tertiary/aromatic N) is 3. The Labute approximate surface area is 192 Å². The molecule has 3 aromatic rings. The van der Waals surface area contributed by atoms with E-state index in [0.29, 0.717) is 6.07 Å². The third-order valence-electron chi connectivity index (χ3n) is 5.23. The van der Waals surface area contributed by atoms with Crippen molar-refractivity contribution < 1.29 is 26.7 Å². The predicted octanol–water partition coefficient (Wildman–Crippen LogP) is 4.91.